The van der Waals surface area contributed by atoms with Crippen LogP contribution in [0, 0.1) is 5.41 Å². The fourth-order valence-electron chi connectivity index (χ4n) is 7.92. The van der Waals surface area contributed by atoms with Crippen molar-refractivity contribution in [3.05, 3.63) is 54.1 Å². The van der Waals surface area contributed by atoms with Gasteiger partial charge in [0.05, 0.1) is 53.0 Å². The second-order valence-corrected chi connectivity index (χ2v) is 16.6. The molecule has 3 amide bonds. The highest BCUT2D eigenvalue weighted by Crippen LogP contribution is 2.40. The third-order valence-corrected chi connectivity index (χ3v) is 12.1. The first-order valence-corrected chi connectivity index (χ1v) is 20.9. The van der Waals surface area contributed by atoms with Gasteiger partial charge >= 0.3 is 0 Å². The maximum atomic E-state index is 12.3. The lowest BCUT2D eigenvalue weighted by Crippen LogP contribution is -2.52. The van der Waals surface area contributed by atoms with E-state index in [4.69, 9.17) is 25.4 Å². The van der Waals surface area contributed by atoms with Crippen molar-refractivity contribution in [1.29, 1.82) is 5.41 Å². The zero-order valence-corrected chi connectivity index (χ0v) is 34.7. The normalized spacial score (nSPS) is 20.8. The number of amides is 3. The molecule has 3 saturated heterocycles. The van der Waals surface area contributed by atoms with E-state index in [0.29, 0.717) is 59.7 Å². The van der Waals surface area contributed by atoms with Crippen molar-refractivity contribution in [3.63, 3.8) is 0 Å². The van der Waals surface area contributed by atoms with Crippen LogP contribution in [0.3, 0.4) is 0 Å². The van der Waals surface area contributed by atoms with E-state index in [9.17, 15) is 14.4 Å². The van der Waals surface area contributed by atoms with E-state index in [1.165, 1.54) is 30.5 Å². The Balaban J connectivity index is 0.000000180. The van der Waals surface area contributed by atoms with Crippen LogP contribution in [0.25, 0.3) is 0 Å². The molecule has 3 aromatic rings. The number of pyridine rings is 1. The SMILES string of the molecule is CC1(Oc2cc(C(=N)c3cc(N4CCC(OC5CCC5)CC4)ncn3)c(N)cn2)CC1.COC1CCN(c2ccc(N(C=O)C3CCC(=O)NC3=O)c(N(C)C)c2)CC1. The van der Waals surface area contributed by atoms with Crippen molar-refractivity contribution in [3.8, 4) is 5.88 Å². The second kappa shape index (κ2) is 18.3. The van der Waals surface area contributed by atoms with Gasteiger partial charge in [-0.25, -0.2) is 15.0 Å². The summed E-state index contributed by atoms with van der Waals surface area (Å²) in [5.74, 6) is 0.608. The summed E-state index contributed by atoms with van der Waals surface area (Å²) in [6, 6.07) is 8.84. The number of nitrogens with one attached hydrogen (secondary N) is 2. The summed E-state index contributed by atoms with van der Waals surface area (Å²) in [7, 11) is 5.57. The molecule has 0 bridgehead atoms. The molecule has 0 radical (unpaired) electrons. The highest BCUT2D eigenvalue weighted by atomic mass is 16.5. The van der Waals surface area contributed by atoms with Crippen LogP contribution in [0.4, 0.5) is 28.6 Å². The van der Waals surface area contributed by atoms with Gasteiger partial charge in [0.15, 0.2) is 0 Å². The minimum Gasteiger partial charge on any atom is -0.471 e. The van der Waals surface area contributed by atoms with Gasteiger partial charge in [0.1, 0.15) is 23.8 Å². The summed E-state index contributed by atoms with van der Waals surface area (Å²) in [5, 5.41) is 11.0. The first kappa shape index (κ1) is 41.8. The minimum atomic E-state index is -0.683. The molecular weight excluding hydrogens is 753 g/mol. The van der Waals surface area contributed by atoms with Gasteiger partial charge in [-0.2, -0.15) is 0 Å². The summed E-state index contributed by atoms with van der Waals surface area (Å²) in [6.45, 7) is 5.68. The minimum absolute atomic E-state index is 0.140. The van der Waals surface area contributed by atoms with Crippen LogP contribution in [0.1, 0.15) is 88.8 Å². The van der Waals surface area contributed by atoms with E-state index < -0.39 is 11.9 Å². The van der Waals surface area contributed by atoms with Gasteiger partial charge in [-0.15, -0.1) is 0 Å². The van der Waals surface area contributed by atoms with Crippen LogP contribution in [0.5, 0.6) is 5.88 Å². The number of benzene rings is 1. The van der Waals surface area contributed by atoms with E-state index in [1.807, 2.05) is 43.3 Å². The molecule has 316 valence electrons. The lowest BCUT2D eigenvalue weighted by atomic mass is 9.95. The van der Waals surface area contributed by atoms with Crippen LogP contribution in [-0.4, -0.2) is 116 Å². The average Bonchev–Trinajstić information content (AvgIpc) is 3.97. The van der Waals surface area contributed by atoms with Crippen LogP contribution in [0.15, 0.2) is 42.9 Å². The monoisotopic (exact) mass is 810 g/mol. The van der Waals surface area contributed by atoms with Crippen LogP contribution < -0.4 is 35.4 Å². The number of nitrogen functional groups attached to an aromatic ring is 1. The fraction of sp³-hybridized carbons (Fsp3) is 0.558. The number of hydrogen-bond donors (Lipinski definition) is 3. The van der Waals surface area contributed by atoms with Crippen molar-refractivity contribution in [2.75, 3.05) is 72.7 Å². The van der Waals surface area contributed by atoms with Gasteiger partial charge in [0.2, 0.25) is 24.1 Å². The largest absolute Gasteiger partial charge is 0.471 e. The number of aromatic nitrogens is 3. The molecule has 1 atom stereocenters. The zero-order valence-electron chi connectivity index (χ0n) is 34.7. The number of imide groups is 1. The first-order valence-electron chi connectivity index (χ1n) is 20.9. The molecular formula is C43H58N10O6. The molecule has 2 saturated carbocycles. The number of nitrogens with two attached hydrogens (primary N) is 1. The molecule has 0 spiro atoms. The number of hydrogen-bond acceptors (Lipinski definition) is 14. The third kappa shape index (κ3) is 10.1. The highest BCUT2D eigenvalue weighted by Gasteiger charge is 2.40. The van der Waals surface area contributed by atoms with Crippen molar-refractivity contribution in [2.24, 2.45) is 0 Å². The molecule has 16 heteroatoms. The number of rotatable bonds is 13. The lowest BCUT2D eigenvalue weighted by Gasteiger charge is -2.36. The summed E-state index contributed by atoms with van der Waals surface area (Å²) < 4.78 is 17.6. The third-order valence-electron chi connectivity index (χ3n) is 12.1. The number of anilines is 5. The van der Waals surface area contributed by atoms with E-state index in [-0.39, 0.29) is 23.6 Å². The molecule has 4 N–H and O–H groups in total. The topological polar surface area (TPSA) is 192 Å². The predicted octanol–water partition coefficient (Wildman–Crippen LogP) is 4.47. The van der Waals surface area contributed by atoms with Gasteiger partial charge < -0.3 is 39.5 Å². The van der Waals surface area contributed by atoms with E-state index in [2.05, 4.69) is 37.0 Å². The Morgan fingerprint density at radius 3 is 2.24 bits per heavy atom. The number of methoxy groups -OCH3 is 1. The number of carbonyl (C=O) groups is 3. The number of ether oxygens (including phenoxy) is 3. The molecule has 16 nitrogen and oxygen atoms in total. The van der Waals surface area contributed by atoms with Crippen molar-refractivity contribution < 1.29 is 28.6 Å². The predicted molar refractivity (Wildman–Crippen MR) is 227 cm³/mol. The molecule has 59 heavy (non-hydrogen) atoms. The van der Waals surface area contributed by atoms with Crippen LogP contribution in [-0.2, 0) is 23.9 Å². The van der Waals surface area contributed by atoms with Crippen LogP contribution in [0.2, 0.25) is 0 Å². The van der Waals surface area contributed by atoms with Crippen molar-refractivity contribution in [2.45, 2.75) is 108 Å². The van der Waals surface area contributed by atoms with Gasteiger partial charge in [-0.1, -0.05) is 0 Å². The van der Waals surface area contributed by atoms with E-state index in [1.54, 1.807) is 19.4 Å². The molecule has 1 unspecified atom stereocenters. The van der Waals surface area contributed by atoms with Gasteiger partial charge in [0, 0.05) is 77.2 Å². The Morgan fingerprint density at radius 2 is 1.61 bits per heavy atom. The smallest absolute Gasteiger partial charge is 0.249 e. The van der Waals surface area contributed by atoms with E-state index in [0.717, 1.165) is 81.9 Å². The number of nitrogens with zero attached hydrogens (tertiary/aromatic N) is 7. The summed E-state index contributed by atoms with van der Waals surface area (Å²) in [6.07, 6.45) is 15.2. The molecule has 1 aromatic carbocycles. The van der Waals surface area contributed by atoms with Gasteiger partial charge in [0.25, 0.3) is 0 Å². The Hall–Kier alpha value is -5.35. The van der Waals surface area contributed by atoms with Crippen molar-refractivity contribution >= 4 is 52.5 Å². The Labute approximate surface area is 346 Å². The Kier molecular flexibility index (Phi) is 13.0. The molecule has 5 heterocycles. The maximum absolute atomic E-state index is 12.3. The molecule has 2 aromatic heterocycles. The first-order chi connectivity index (χ1) is 28.4. The number of piperidine rings is 3. The molecule has 8 rings (SSSR count). The molecule has 3 aliphatic heterocycles. The maximum Gasteiger partial charge on any atom is 0.249 e. The fourth-order valence-corrected chi connectivity index (χ4v) is 7.92. The summed E-state index contributed by atoms with van der Waals surface area (Å²) in [5.41, 5.74) is 10.4. The quantitative estimate of drug-likeness (QED) is 0.125. The van der Waals surface area contributed by atoms with Crippen molar-refractivity contribution in [1.82, 2.24) is 20.3 Å². The summed E-state index contributed by atoms with van der Waals surface area (Å²) in [4.78, 5) is 56.6. The zero-order chi connectivity index (χ0) is 41.7. The van der Waals surface area contributed by atoms with E-state index >= 15 is 0 Å². The average molecular weight is 811 g/mol. The second-order valence-electron chi connectivity index (χ2n) is 16.6. The highest BCUT2D eigenvalue weighted by molar-refractivity contribution is 6.13. The molecule has 2 aliphatic carbocycles. The number of carbonyl (C=O) groups excluding carboxylic acids is 3. The lowest BCUT2D eigenvalue weighted by molar-refractivity contribution is -0.134. The molecule has 5 fully saturated rings. The summed E-state index contributed by atoms with van der Waals surface area (Å²) >= 11 is 0. The van der Waals surface area contributed by atoms with Crippen LogP contribution >= 0.6 is 0 Å². The Morgan fingerprint density at radius 1 is 0.915 bits per heavy atom. The standard InChI is InChI=1S/C23H30N6O2.C20H28N4O4/c1-23(7-8-23)31-21-11-17(18(24)13-26-21)22(25)19-12-20(28-14-27-19)29-9-5-16(6-10-29)30-15-3-2-4-15;1-22(2)18-12-14(23-10-8-15(28-3)9-11-23)4-5-16(18)24(13-25)17-6-7-19(26)21-20(17)27/h11-16,25H,2-10,24H2,1H3;4-5,12-13,15,17H,6-11H2,1-3H3,(H,21,26,27). The van der Waals surface area contributed by atoms with Gasteiger partial charge in [-0.3, -0.25) is 25.1 Å². The molecule has 5 aliphatic rings. The van der Waals surface area contributed by atoms with Gasteiger partial charge in [-0.05, 0) is 89.3 Å². The Bertz CT molecular complexity index is 1990.